The molecule has 2 rings (SSSR count). The molecule has 0 saturated carbocycles. The molecule has 1 radical (unpaired) electrons. The molecule has 1 saturated heterocycles. The molecule has 1 aliphatic rings. The van der Waals surface area contributed by atoms with Gasteiger partial charge in [0.25, 0.3) is 5.91 Å². The SMILES string of the molecule is CCc1ccc[c]c1C(=O)N1CCNCC1. The van der Waals surface area contributed by atoms with Crippen LogP contribution in [-0.4, -0.2) is 37.0 Å². The number of aryl methyl sites for hydroxylation is 1. The molecule has 16 heavy (non-hydrogen) atoms. The van der Waals surface area contributed by atoms with Crippen LogP contribution in [-0.2, 0) is 6.42 Å². The minimum absolute atomic E-state index is 0.124. The third kappa shape index (κ3) is 2.25. The van der Waals surface area contributed by atoms with Gasteiger partial charge in [-0.2, -0.15) is 0 Å². The smallest absolute Gasteiger partial charge is 0.254 e. The van der Waals surface area contributed by atoms with Crippen molar-refractivity contribution in [3.05, 3.63) is 35.4 Å². The van der Waals surface area contributed by atoms with Crippen LogP contribution in [0.15, 0.2) is 18.2 Å². The summed E-state index contributed by atoms with van der Waals surface area (Å²) >= 11 is 0. The van der Waals surface area contributed by atoms with Crippen LogP contribution in [0.3, 0.4) is 0 Å². The highest BCUT2D eigenvalue weighted by Gasteiger charge is 2.19. The molecule has 0 atom stereocenters. The molecule has 1 fully saturated rings. The van der Waals surface area contributed by atoms with E-state index in [-0.39, 0.29) is 5.91 Å². The molecule has 0 spiro atoms. The largest absolute Gasteiger partial charge is 0.336 e. The van der Waals surface area contributed by atoms with Gasteiger partial charge in [0.05, 0.1) is 5.56 Å². The van der Waals surface area contributed by atoms with Crippen molar-refractivity contribution in [2.24, 2.45) is 0 Å². The number of nitrogens with one attached hydrogen (secondary N) is 1. The molecular weight excluding hydrogens is 200 g/mol. The van der Waals surface area contributed by atoms with Gasteiger partial charge >= 0.3 is 0 Å². The van der Waals surface area contributed by atoms with E-state index < -0.39 is 0 Å². The van der Waals surface area contributed by atoms with Crippen molar-refractivity contribution in [1.82, 2.24) is 10.2 Å². The van der Waals surface area contributed by atoms with Crippen LogP contribution in [0, 0.1) is 6.07 Å². The van der Waals surface area contributed by atoms with Crippen LogP contribution in [0.25, 0.3) is 0 Å². The Morgan fingerprint density at radius 3 is 2.94 bits per heavy atom. The highest BCUT2D eigenvalue weighted by atomic mass is 16.2. The second-order valence-electron chi connectivity index (χ2n) is 3.97. The van der Waals surface area contributed by atoms with Crippen LogP contribution >= 0.6 is 0 Å². The Hall–Kier alpha value is -1.35. The molecule has 1 amide bonds. The number of carbonyl (C=O) groups excluding carboxylic acids is 1. The second kappa shape index (κ2) is 5.12. The molecule has 1 aromatic rings. The lowest BCUT2D eigenvalue weighted by Crippen LogP contribution is -2.46. The zero-order valence-corrected chi connectivity index (χ0v) is 9.62. The molecule has 1 heterocycles. The summed E-state index contributed by atoms with van der Waals surface area (Å²) in [5, 5.41) is 3.25. The number of carbonyl (C=O) groups is 1. The summed E-state index contributed by atoms with van der Waals surface area (Å²) < 4.78 is 0. The Morgan fingerprint density at radius 1 is 1.50 bits per heavy atom. The molecule has 1 aliphatic heterocycles. The van der Waals surface area contributed by atoms with Gasteiger partial charge in [0.15, 0.2) is 0 Å². The quantitative estimate of drug-likeness (QED) is 0.804. The van der Waals surface area contributed by atoms with E-state index >= 15 is 0 Å². The van der Waals surface area contributed by atoms with Gasteiger partial charge in [-0.25, -0.2) is 0 Å². The summed E-state index contributed by atoms with van der Waals surface area (Å²) in [7, 11) is 0. The fourth-order valence-electron chi connectivity index (χ4n) is 1.99. The zero-order valence-electron chi connectivity index (χ0n) is 9.62. The van der Waals surface area contributed by atoms with Gasteiger partial charge in [-0.15, -0.1) is 0 Å². The second-order valence-corrected chi connectivity index (χ2v) is 3.97. The standard InChI is InChI=1S/C13H17N2O/c1-2-11-5-3-4-6-12(11)13(16)15-9-7-14-8-10-15/h3-5,14H,2,7-10H2,1H3. The fraction of sp³-hybridized carbons (Fsp3) is 0.462. The van der Waals surface area contributed by atoms with Gasteiger partial charge in [-0.3, -0.25) is 4.79 Å². The number of piperazine rings is 1. The summed E-state index contributed by atoms with van der Waals surface area (Å²) in [5.41, 5.74) is 1.83. The van der Waals surface area contributed by atoms with Crippen molar-refractivity contribution in [1.29, 1.82) is 0 Å². The third-order valence-corrected chi connectivity index (χ3v) is 2.94. The maximum Gasteiger partial charge on any atom is 0.254 e. The van der Waals surface area contributed by atoms with Gasteiger partial charge in [0, 0.05) is 26.2 Å². The first-order chi connectivity index (χ1) is 7.83. The molecule has 1 N–H and O–H groups in total. The lowest BCUT2D eigenvalue weighted by molar-refractivity contribution is 0.0734. The monoisotopic (exact) mass is 217 g/mol. The lowest BCUT2D eigenvalue weighted by Gasteiger charge is -2.28. The first kappa shape index (κ1) is 11.1. The normalized spacial score (nSPS) is 16.2. The van der Waals surface area contributed by atoms with E-state index in [1.807, 2.05) is 23.1 Å². The molecule has 85 valence electrons. The number of benzene rings is 1. The molecule has 0 unspecified atom stereocenters. The van der Waals surface area contributed by atoms with Crippen molar-refractivity contribution in [3.63, 3.8) is 0 Å². The van der Waals surface area contributed by atoms with E-state index in [2.05, 4.69) is 18.3 Å². The number of nitrogens with zero attached hydrogens (tertiary/aromatic N) is 1. The Morgan fingerprint density at radius 2 is 2.25 bits per heavy atom. The maximum absolute atomic E-state index is 12.2. The first-order valence-corrected chi connectivity index (χ1v) is 5.82. The van der Waals surface area contributed by atoms with E-state index in [0.29, 0.717) is 0 Å². The Labute approximate surface area is 96.5 Å². The van der Waals surface area contributed by atoms with Gasteiger partial charge in [-0.05, 0) is 18.1 Å². The number of rotatable bonds is 2. The summed E-state index contributed by atoms with van der Waals surface area (Å²) in [4.78, 5) is 14.2. The average molecular weight is 217 g/mol. The van der Waals surface area contributed by atoms with Crippen molar-refractivity contribution >= 4 is 5.91 Å². The summed E-state index contributed by atoms with van der Waals surface area (Å²) in [5.74, 6) is 0.124. The lowest BCUT2D eigenvalue weighted by atomic mass is 10.0. The van der Waals surface area contributed by atoms with E-state index in [9.17, 15) is 4.79 Å². The number of hydrogen-bond donors (Lipinski definition) is 1. The summed E-state index contributed by atoms with van der Waals surface area (Å²) in [6.07, 6.45) is 0.879. The van der Waals surface area contributed by atoms with Crippen LogP contribution in [0.5, 0.6) is 0 Å². The van der Waals surface area contributed by atoms with Gasteiger partial charge in [0.1, 0.15) is 0 Å². The maximum atomic E-state index is 12.2. The van der Waals surface area contributed by atoms with E-state index in [0.717, 1.165) is 43.7 Å². The van der Waals surface area contributed by atoms with Gasteiger partial charge < -0.3 is 10.2 Å². The predicted octanol–water partition coefficient (Wildman–Crippen LogP) is 1.09. The minimum atomic E-state index is 0.124. The van der Waals surface area contributed by atoms with E-state index in [1.165, 1.54) is 0 Å². The van der Waals surface area contributed by atoms with Crippen molar-refractivity contribution in [2.75, 3.05) is 26.2 Å². The molecule has 3 nitrogen and oxygen atoms in total. The Bertz CT molecular complexity index is 370. The number of hydrogen-bond acceptors (Lipinski definition) is 2. The predicted molar refractivity (Wildman–Crippen MR) is 63.4 cm³/mol. The first-order valence-electron chi connectivity index (χ1n) is 5.82. The van der Waals surface area contributed by atoms with Crippen molar-refractivity contribution < 1.29 is 4.79 Å². The van der Waals surface area contributed by atoms with Crippen LogP contribution in [0.4, 0.5) is 0 Å². The van der Waals surface area contributed by atoms with Crippen LogP contribution in [0.2, 0.25) is 0 Å². The Balaban J connectivity index is 2.19. The molecule has 1 aromatic carbocycles. The molecule has 0 aliphatic carbocycles. The molecule has 3 heteroatoms. The van der Waals surface area contributed by atoms with Crippen LogP contribution < -0.4 is 5.32 Å². The highest BCUT2D eigenvalue weighted by Crippen LogP contribution is 2.12. The van der Waals surface area contributed by atoms with Crippen molar-refractivity contribution in [2.45, 2.75) is 13.3 Å². The Kier molecular flexibility index (Phi) is 3.57. The van der Waals surface area contributed by atoms with Gasteiger partial charge in [-0.1, -0.05) is 25.1 Å². The minimum Gasteiger partial charge on any atom is -0.336 e. The van der Waals surface area contributed by atoms with E-state index in [1.54, 1.807) is 0 Å². The average Bonchev–Trinajstić information content (AvgIpc) is 2.39. The zero-order chi connectivity index (χ0) is 11.4. The number of amides is 1. The van der Waals surface area contributed by atoms with Gasteiger partial charge in [0.2, 0.25) is 0 Å². The molecule has 0 aromatic heterocycles. The highest BCUT2D eigenvalue weighted by molar-refractivity contribution is 5.95. The summed E-state index contributed by atoms with van der Waals surface area (Å²) in [6.45, 7) is 5.44. The topological polar surface area (TPSA) is 32.3 Å². The van der Waals surface area contributed by atoms with E-state index in [4.69, 9.17) is 0 Å². The van der Waals surface area contributed by atoms with Crippen molar-refractivity contribution in [3.8, 4) is 0 Å². The van der Waals surface area contributed by atoms with Crippen LogP contribution in [0.1, 0.15) is 22.8 Å². The molecular formula is C13H17N2O. The summed E-state index contributed by atoms with van der Waals surface area (Å²) in [6, 6.07) is 8.83. The fourth-order valence-corrected chi connectivity index (χ4v) is 1.99. The third-order valence-electron chi connectivity index (χ3n) is 2.94. The molecule has 0 bridgehead atoms.